The number of hydrogen-bond acceptors (Lipinski definition) is 3. The second kappa shape index (κ2) is 12.5. The van der Waals surface area contributed by atoms with Crippen molar-refractivity contribution in [2.24, 2.45) is 5.92 Å². The van der Waals surface area contributed by atoms with Crippen LogP contribution in [0.4, 0.5) is 5.69 Å². The first-order valence-corrected chi connectivity index (χ1v) is 8.46. The smallest absolute Gasteiger partial charge is 0.228 e. The average Bonchev–Trinajstić information content (AvgIpc) is 2.78. The third-order valence-corrected chi connectivity index (χ3v) is 4.28. The van der Waals surface area contributed by atoms with Crippen LogP contribution >= 0.6 is 24.8 Å². The van der Waals surface area contributed by atoms with Crippen molar-refractivity contribution < 1.29 is 4.79 Å². The Hall–Kier alpha value is -0.810. The van der Waals surface area contributed by atoms with Gasteiger partial charge >= 0.3 is 0 Å². The Morgan fingerprint density at radius 2 is 1.67 bits per heavy atom. The fraction of sp³-hybridized carbons (Fsp3) is 0.611. The summed E-state index contributed by atoms with van der Waals surface area (Å²) in [7, 11) is 1.86. The summed E-state index contributed by atoms with van der Waals surface area (Å²) >= 11 is 0. The highest BCUT2D eigenvalue weighted by molar-refractivity contribution is 5.92. The van der Waals surface area contributed by atoms with E-state index in [9.17, 15) is 4.79 Å². The first-order valence-electron chi connectivity index (χ1n) is 8.46. The first kappa shape index (κ1) is 23.2. The van der Waals surface area contributed by atoms with E-state index in [2.05, 4.69) is 27.7 Å². The van der Waals surface area contributed by atoms with Crippen LogP contribution in [0, 0.1) is 5.92 Å². The maximum absolute atomic E-state index is 12.0. The number of halogens is 2. The van der Waals surface area contributed by atoms with Crippen LogP contribution in [0.1, 0.15) is 38.2 Å². The minimum atomic E-state index is -0.0261. The van der Waals surface area contributed by atoms with Crippen molar-refractivity contribution in [2.45, 2.75) is 39.2 Å². The molecule has 0 spiro atoms. The highest BCUT2D eigenvalue weighted by atomic mass is 35.5. The summed E-state index contributed by atoms with van der Waals surface area (Å²) in [6.07, 6.45) is 5.37. The van der Waals surface area contributed by atoms with Gasteiger partial charge in [0.15, 0.2) is 0 Å². The zero-order chi connectivity index (χ0) is 15.8. The van der Waals surface area contributed by atoms with Gasteiger partial charge in [0, 0.05) is 24.7 Å². The molecular weight excluding hydrogens is 345 g/mol. The van der Waals surface area contributed by atoms with Crippen molar-refractivity contribution in [1.29, 1.82) is 0 Å². The molecule has 0 radical (unpaired) electrons. The topological polar surface area (TPSA) is 44.4 Å². The Balaban J connectivity index is 0.00000264. The number of carbonyl (C=O) groups excluding carboxylic acids is 1. The Kier molecular flexibility index (Phi) is 12.1. The quantitative estimate of drug-likeness (QED) is 0.796. The van der Waals surface area contributed by atoms with Gasteiger partial charge in [-0.2, -0.15) is 0 Å². The Bertz CT molecular complexity index is 460. The molecule has 4 nitrogen and oxygen atoms in total. The molecule has 1 amide bonds. The summed E-state index contributed by atoms with van der Waals surface area (Å²) in [4.78, 5) is 14.5. The summed E-state index contributed by atoms with van der Waals surface area (Å²) < 4.78 is 0. The van der Waals surface area contributed by atoms with Crippen LogP contribution in [0.5, 0.6) is 0 Å². The number of amides is 1. The zero-order valence-corrected chi connectivity index (χ0v) is 16.3. The predicted octanol–water partition coefficient (Wildman–Crippen LogP) is 3.70. The number of anilines is 1. The fourth-order valence-electron chi connectivity index (χ4n) is 2.91. The number of carbonyl (C=O) groups is 1. The van der Waals surface area contributed by atoms with Crippen LogP contribution in [0.25, 0.3) is 0 Å². The minimum Gasteiger partial charge on any atom is -0.326 e. The molecule has 1 fully saturated rings. The normalized spacial score (nSPS) is 16.2. The third kappa shape index (κ3) is 7.84. The highest BCUT2D eigenvalue weighted by Gasteiger charge is 2.12. The van der Waals surface area contributed by atoms with E-state index in [0.717, 1.165) is 12.2 Å². The number of rotatable bonds is 6. The van der Waals surface area contributed by atoms with Crippen LogP contribution in [0.15, 0.2) is 24.3 Å². The Labute approximate surface area is 158 Å². The molecule has 1 aliphatic rings. The maximum atomic E-state index is 12.0. The molecule has 0 aliphatic carbocycles. The lowest BCUT2D eigenvalue weighted by atomic mass is 10.1. The summed E-state index contributed by atoms with van der Waals surface area (Å²) in [5.41, 5.74) is 2.20. The van der Waals surface area contributed by atoms with E-state index in [1.165, 1.54) is 44.3 Å². The van der Waals surface area contributed by atoms with Gasteiger partial charge in [0.25, 0.3) is 0 Å². The number of likely N-dealkylation sites (tertiary alicyclic amines) is 1. The zero-order valence-electron chi connectivity index (χ0n) is 14.7. The molecule has 2 rings (SSSR count). The van der Waals surface area contributed by atoms with Gasteiger partial charge in [-0.25, -0.2) is 0 Å². The first-order chi connectivity index (χ1) is 10.7. The molecular formula is C18H31Cl2N3O. The van der Waals surface area contributed by atoms with Crippen molar-refractivity contribution >= 4 is 36.4 Å². The van der Waals surface area contributed by atoms with Crippen LogP contribution in [-0.2, 0) is 11.3 Å². The molecule has 1 heterocycles. The predicted molar refractivity (Wildman–Crippen MR) is 106 cm³/mol. The summed E-state index contributed by atoms with van der Waals surface area (Å²) in [5.74, 6) is 0.0383. The lowest BCUT2D eigenvalue weighted by Crippen LogP contribution is -2.28. The van der Waals surface area contributed by atoms with E-state index in [4.69, 9.17) is 0 Å². The molecule has 1 aromatic carbocycles. The van der Waals surface area contributed by atoms with E-state index in [-0.39, 0.29) is 36.6 Å². The summed E-state index contributed by atoms with van der Waals surface area (Å²) in [5, 5.41) is 6.00. The monoisotopic (exact) mass is 375 g/mol. The molecule has 1 aromatic rings. The third-order valence-electron chi connectivity index (χ3n) is 4.28. The molecule has 24 heavy (non-hydrogen) atoms. The van der Waals surface area contributed by atoms with Gasteiger partial charge in [-0.1, -0.05) is 31.9 Å². The molecule has 138 valence electrons. The molecule has 1 unspecified atom stereocenters. The van der Waals surface area contributed by atoms with Gasteiger partial charge in [-0.3, -0.25) is 9.69 Å². The van der Waals surface area contributed by atoms with Gasteiger partial charge in [0.2, 0.25) is 5.91 Å². The lowest BCUT2D eigenvalue weighted by Gasteiger charge is -2.20. The molecule has 0 saturated carbocycles. The average molecular weight is 376 g/mol. The van der Waals surface area contributed by atoms with Crippen molar-refractivity contribution in [3.63, 3.8) is 0 Å². The molecule has 1 aliphatic heterocycles. The summed E-state index contributed by atoms with van der Waals surface area (Å²) in [6, 6.07) is 8.28. The van der Waals surface area contributed by atoms with E-state index in [1.807, 2.05) is 26.1 Å². The number of nitrogens with zero attached hydrogens (tertiary/aromatic N) is 1. The van der Waals surface area contributed by atoms with Crippen molar-refractivity contribution in [3.8, 4) is 0 Å². The van der Waals surface area contributed by atoms with E-state index in [0.29, 0.717) is 6.54 Å². The van der Waals surface area contributed by atoms with Crippen LogP contribution < -0.4 is 10.6 Å². The van der Waals surface area contributed by atoms with E-state index in [1.54, 1.807) is 0 Å². The lowest BCUT2D eigenvalue weighted by molar-refractivity contribution is -0.119. The van der Waals surface area contributed by atoms with Crippen molar-refractivity contribution in [3.05, 3.63) is 29.8 Å². The van der Waals surface area contributed by atoms with Crippen LogP contribution in [-0.4, -0.2) is 37.5 Å². The van der Waals surface area contributed by atoms with Gasteiger partial charge in [0.1, 0.15) is 0 Å². The maximum Gasteiger partial charge on any atom is 0.228 e. The Morgan fingerprint density at radius 1 is 1.08 bits per heavy atom. The number of hydrogen-bond donors (Lipinski definition) is 2. The SMILES string of the molecule is CNCC(C)C(=O)Nc1ccc(CN2CCCCCC2)cc1.Cl.Cl. The van der Waals surface area contributed by atoms with Crippen LogP contribution in [0.3, 0.4) is 0 Å². The van der Waals surface area contributed by atoms with Crippen molar-refractivity contribution in [2.75, 3.05) is 32.0 Å². The second-order valence-corrected chi connectivity index (χ2v) is 6.34. The summed E-state index contributed by atoms with van der Waals surface area (Å²) in [6.45, 7) is 6.06. The van der Waals surface area contributed by atoms with Gasteiger partial charge in [0.05, 0.1) is 0 Å². The Morgan fingerprint density at radius 3 is 2.21 bits per heavy atom. The molecule has 0 aromatic heterocycles. The van der Waals surface area contributed by atoms with E-state index < -0.39 is 0 Å². The molecule has 6 heteroatoms. The van der Waals surface area contributed by atoms with Gasteiger partial charge in [-0.05, 0) is 50.7 Å². The molecule has 1 saturated heterocycles. The molecule has 1 atom stereocenters. The number of nitrogens with one attached hydrogen (secondary N) is 2. The standard InChI is InChI=1S/C18H29N3O.2ClH/c1-15(13-19-2)18(22)20-17-9-7-16(8-10-17)14-21-11-5-3-4-6-12-21;;/h7-10,15,19H,3-6,11-14H2,1-2H3,(H,20,22);2*1H. The van der Waals surface area contributed by atoms with Gasteiger partial charge < -0.3 is 10.6 Å². The van der Waals surface area contributed by atoms with E-state index >= 15 is 0 Å². The second-order valence-electron chi connectivity index (χ2n) is 6.34. The highest BCUT2D eigenvalue weighted by Crippen LogP contribution is 2.15. The molecule has 2 N–H and O–H groups in total. The fourth-order valence-corrected chi connectivity index (χ4v) is 2.91. The largest absolute Gasteiger partial charge is 0.326 e. The van der Waals surface area contributed by atoms with Gasteiger partial charge in [-0.15, -0.1) is 24.8 Å². The van der Waals surface area contributed by atoms with Crippen molar-refractivity contribution in [1.82, 2.24) is 10.2 Å². The minimum absolute atomic E-state index is 0. The number of benzene rings is 1. The molecule has 0 bridgehead atoms. The van der Waals surface area contributed by atoms with Crippen LogP contribution in [0.2, 0.25) is 0 Å².